The molecule has 8 heteroatoms. The molecule has 0 heterocycles. The van der Waals surface area contributed by atoms with Crippen molar-refractivity contribution in [2.24, 2.45) is 5.92 Å². The molecule has 6 nitrogen and oxygen atoms in total. The van der Waals surface area contributed by atoms with E-state index in [0.717, 1.165) is 19.1 Å². The molecule has 2 N–H and O–H groups in total. The molecule has 0 aliphatic rings. The summed E-state index contributed by atoms with van der Waals surface area (Å²) < 4.78 is 47.3. The number of sulfonamides is 1. The first-order chi connectivity index (χ1) is 8.20. The summed E-state index contributed by atoms with van der Waals surface area (Å²) >= 11 is 0. The molecule has 0 aliphatic heterocycles. The van der Waals surface area contributed by atoms with Gasteiger partial charge in [-0.05, 0) is 18.8 Å². The highest BCUT2D eigenvalue weighted by Crippen LogP contribution is 2.09. The Morgan fingerprint density at radius 2 is 1.72 bits per heavy atom. The molecule has 0 aliphatic carbocycles. The van der Waals surface area contributed by atoms with Gasteiger partial charge in [0.25, 0.3) is 0 Å². The van der Waals surface area contributed by atoms with Crippen LogP contribution in [0.5, 0.6) is 0 Å². The SMILES string of the molecule is CCCC(CCO)CNS(=O)(=O)CCS(C)(=O)=O. The van der Waals surface area contributed by atoms with Gasteiger partial charge in [-0.2, -0.15) is 0 Å². The lowest BCUT2D eigenvalue weighted by atomic mass is 10.0. The van der Waals surface area contributed by atoms with Gasteiger partial charge in [0.2, 0.25) is 10.0 Å². The van der Waals surface area contributed by atoms with E-state index < -0.39 is 25.6 Å². The van der Waals surface area contributed by atoms with Crippen LogP contribution in [0, 0.1) is 5.92 Å². The minimum Gasteiger partial charge on any atom is -0.396 e. The molecule has 110 valence electrons. The molecule has 1 atom stereocenters. The molecule has 0 radical (unpaired) electrons. The number of aliphatic hydroxyl groups excluding tert-OH is 1. The topological polar surface area (TPSA) is 101 Å². The monoisotopic (exact) mass is 301 g/mol. The van der Waals surface area contributed by atoms with E-state index in [-0.39, 0.29) is 24.8 Å². The number of hydrogen-bond donors (Lipinski definition) is 2. The summed E-state index contributed by atoms with van der Waals surface area (Å²) in [5.74, 6) is -0.696. The van der Waals surface area contributed by atoms with E-state index in [1.165, 1.54) is 0 Å². The van der Waals surface area contributed by atoms with Crippen LogP contribution in [0.2, 0.25) is 0 Å². The molecule has 0 bridgehead atoms. The Morgan fingerprint density at radius 1 is 1.11 bits per heavy atom. The van der Waals surface area contributed by atoms with E-state index in [1.54, 1.807) is 0 Å². The minimum atomic E-state index is -3.56. The van der Waals surface area contributed by atoms with Crippen molar-refractivity contribution >= 4 is 19.9 Å². The summed E-state index contributed by atoms with van der Waals surface area (Å²) in [6.07, 6.45) is 3.29. The van der Waals surface area contributed by atoms with Crippen molar-refractivity contribution in [3.63, 3.8) is 0 Å². The van der Waals surface area contributed by atoms with E-state index in [4.69, 9.17) is 5.11 Å². The molecule has 0 saturated carbocycles. The van der Waals surface area contributed by atoms with Crippen molar-refractivity contribution in [3.8, 4) is 0 Å². The van der Waals surface area contributed by atoms with Crippen molar-refractivity contribution in [1.29, 1.82) is 0 Å². The summed E-state index contributed by atoms with van der Waals surface area (Å²) in [6.45, 7) is 2.26. The molecule has 0 spiro atoms. The fourth-order valence-corrected chi connectivity index (χ4v) is 4.24. The summed E-state index contributed by atoms with van der Waals surface area (Å²) in [5.41, 5.74) is 0. The van der Waals surface area contributed by atoms with Crippen LogP contribution in [0.15, 0.2) is 0 Å². The van der Waals surface area contributed by atoms with Gasteiger partial charge in [0.1, 0.15) is 9.84 Å². The molecule has 0 saturated heterocycles. The smallest absolute Gasteiger partial charge is 0.212 e. The Kier molecular flexibility index (Phi) is 8.00. The van der Waals surface area contributed by atoms with Crippen LogP contribution in [0.25, 0.3) is 0 Å². The number of aliphatic hydroxyl groups is 1. The Hall–Kier alpha value is -0.180. The van der Waals surface area contributed by atoms with Crippen molar-refractivity contribution in [2.45, 2.75) is 26.2 Å². The van der Waals surface area contributed by atoms with Gasteiger partial charge in [0.15, 0.2) is 0 Å². The molecule has 0 aromatic heterocycles. The first-order valence-corrected chi connectivity index (χ1v) is 9.67. The fraction of sp³-hybridized carbons (Fsp3) is 1.00. The predicted molar refractivity (Wildman–Crippen MR) is 71.6 cm³/mol. The lowest BCUT2D eigenvalue weighted by molar-refractivity contribution is 0.251. The van der Waals surface area contributed by atoms with Gasteiger partial charge < -0.3 is 5.11 Å². The maximum absolute atomic E-state index is 11.6. The summed E-state index contributed by atoms with van der Waals surface area (Å²) in [5, 5.41) is 8.85. The second kappa shape index (κ2) is 8.08. The van der Waals surface area contributed by atoms with Gasteiger partial charge in [-0.15, -0.1) is 0 Å². The van der Waals surface area contributed by atoms with E-state index in [1.807, 2.05) is 6.92 Å². The highest BCUT2D eigenvalue weighted by atomic mass is 32.2. The predicted octanol–water partition coefficient (Wildman–Crippen LogP) is -0.251. The van der Waals surface area contributed by atoms with Gasteiger partial charge in [0, 0.05) is 19.4 Å². The van der Waals surface area contributed by atoms with E-state index in [0.29, 0.717) is 6.42 Å². The van der Waals surface area contributed by atoms with E-state index in [2.05, 4.69) is 4.72 Å². The average molecular weight is 301 g/mol. The van der Waals surface area contributed by atoms with Gasteiger partial charge >= 0.3 is 0 Å². The normalized spacial score (nSPS) is 14.6. The second-order valence-corrected chi connectivity index (χ2v) is 8.65. The molecule has 0 aromatic rings. The Bertz CT molecular complexity index is 410. The third kappa shape index (κ3) is 9.81. The van der Waals surface area contributed by atoms with Crippen LogP contribution in [0.3, 0.4) is 0 Å². The zero-order chi connectivity index (χ0) is 14.2. The molecule has 0 rings (SSSR count). The average Bonchev–Trinajstić information content (AvgIpc) is 2.23. The summed E-state index contributed by atoms with van der Waals surface area (Å²) in [4.78, 5) is 0. The van der Waals surface area contributed by atoms with Crippen LogP contribution in [0.4, 0.5) is 0 Å². The second-order valence-electron chi connectivity index (χ2n) is 4.46. The molecular formula is C10H23NO5S2. The van der Waals surface area contributed by atoms with Crippen molar-refractivity contribution < 1.29 is 21.9 Å². The van der Waals surface area contributed by atoms with Crippen molar-refractivity contribution in [1.82, 2.24) is 4.72 Å². The maximum atomic E-state index is 11.6. The van der Waals surface area contributed by atoms with Crippen LogP contribution >= 0.6 is 0 Å². The van der Waals surface area contributed by atoms with Crippen molar-refractivity contribution in [2.75, 3.05) is 30.9 Å². The summed E-state index contributed by atoms with van der Waals surface area (Å²) in [6, 6.07) is 0. The van der Waals surface area contributed by atoms with Gasteiger partial charge in [-0.3, -0.25) is 0 Å². The third-order valence-electron chi connectivity index (χ3n) is 2.55. The highest BCUT2D eigenvalue weighted by Gasteiger charge is 2.16. The van der Waals surface area contributed by atoms with Crippen molar-refractivity contribution in [3.05, 3.63) is 0 Å². The fourth-order valence-electron chi connectivity index (χ4n) is 1.52. The number of rotatable bonds is 10. The zero-order valence-electron chi connectivity index (χ0n) is 10.9. The lowest BCUT2D eigenvalue weighted by Crippen LogP contribution is -2.33. The first-order valence-electron chi connectivity index (χ1n) is 5.96. The lowest BCUT2D eigenvalue weighted by Gasteiger charge is -2.15. The van der Waals surface area contributed by atoms with E-state index in [9.17, 15) is 16.8 Å². The molecule has 18 heavy (non-hydrogen) atoms. The Balaban J connectivity index is 4.23. The number of sulfone groups is 1. The van der Waals surface area contributed by atoms with Crippen LogP contribution in [-0.4, -0.2) is 52.9 Å². The van der Waals surface area contributed by atoms with Crippen LogP contribution in [0.1, 0.15) is 26.2 Å². The van der Waals surface area contributed by atoms with Crippen LogP contribution < -0.4 is 4.72 Å². The molecule has 0 fully saturated rings. The van der Waals surface area contributed by atoms with E-state index >= 15 is 0 Å². The minimum absolute atomic E-state index is 0.0235. The molecule has 0 aromatic carbocycles. The largest absolute Gasteiger partial charge is 0.396 e. The Labute approximate surface area is 110 Å². The van der Waals surface area contributed by atoms with Gasteiger partial charge in [-0.25, -0.2) is 21.6 Å². The maximum Gasteiger partial charge on any atom is 0.212 e. The highest BCUT2D eigenvalue weighted by molar-refractivity contribution is 7.93. The zero-order valence-corrected chi connectivity index (χ0v) is 12.6. The third-order valence-corrected chi connectivity index (χ3v) is 5.10. The molecule has 0 amide bonds. The molecular weight excluding hydrogens is 278 g/mol. The van der Waals surface area contributed by atoms with Crippen LogP contribution in [-0.2, 0) is 19.9 Å². The first kappa shape index (κ1) is 17.8. The quantitative estimate of drug-likeness (QED) is 0.579. The number of hydrogen-bond acceptors (Lipinski definition) is 5. The van der Waals surface area contributed by atoms with Gasteiger partial charge in [-0.1, -0.05) is 13.3 Å². The van der Waals surface area contributed by atoms with Gasteiger partial charge in [0.05, 0.1) is 11.5 Å². The Morgan fingerprint density at radius 3 is 2.17 bits per heavy atom. The molecule has 1 unspecified atom stereocenters. The standard InChI is InChI=1S/C10H23NO5S2/c1-3-4-10(5-6-12)9-11-18(15,16)8-7-17(2,13)14/h10-12H,3-9H2,1-2H3. The number of nitrogens with one attached hydrogen (secondary N) is 1. The summed E-state index contributed by atoms with van der Waals surface area (Å²) in [7, 11) is -6.83.